The zero-order valence-electron chi connectivity index (χ0n) is 12.9. The average Bonchev–Trinajstić information content (AvgIpc) is 2.32. The van der Waals surface area contributed by atoms with Crippen LogP contribution in [0.25, 0.3) is 0 Å². The Bertz CT molecular complexity index is 379. The number of nitrogens with one attached hydrogen (secondary N) is 1. The summed E-state index contributed by atoms with van der Waals surface area (Å²) in [5.74, 6) is -0.119. The van der Waals surface area contributed by atoms with Gasteiger partial charge >= 0.3 is 0 Å². The number of amides is 1. The van der Waals surface area contributed by atoms with Gasteiger partial charge in [-0.1, -0.05) is 27.7 Å². The zero-order chi connectivity index (χ0) is 15.1. The van der Waals surface area contributed by atoms with Gasteiger partial charge in [0.05, 0.1) is 11.5 Å². The summed E-state index contributed by atoms with van der Waals surface area (Å²) in [5.41, 5.74) is 5.66. The monoisotopic (exact) mass is 328 g/mol. The number of hydrogen-bond donors (Lipinski definition) is 2. The van der Waals surface area contributed by atoms with Gasteiger partial charge in [-0.3, -0.25) is 4.79 Å². The Morgan fingerprint density at radius 1 is 1.25 bits per heavy atom. The molecule has 3 N–H and O–H groups in total. The lowest BCUT2D eigenvalue weighted by molar-refractivity contribution is -0.121. The number of halogens is 1. The lowest BCUT2D eigenvalue weighted by Gasteiger charge is -2.26. The average molecular weight is 329 g/mol. The van der Waals surface area contributed by atoms with E-state index >= 15 is 0 Å². The van der Waals surface area contributed by atoms with Crippen molar-refractivity contribution in [2.75, 3.05) is 18.1 Å². The third-order valence-corrected chi connectivity index (χ3v) is 5.27. The number of nitrogens with two attached hydrogens (primary N) is 1. The molecule has 1 amide bonds. The first kappa shape index (κ1) is 22.0. The summed E-state index contributed by atoms with van der Waals surface area (Å²) in [6.07, 6.45) is 1.56. The van der Waals surface area contributed by atoms with Crippen molar-refractivity contribution in [2.24, 2.45) is 11.7 Å². The highest BCUT2D eigenvalue weighted by Crippen LogP contribution is 2.09. The fraction of sp³-hybridized carbons (Fsp3) is 0.923. The second-order valence-corrected chi connectivity index (χ2v) is 7.83. The maximum atomic E-state index is 11.7. The highest BCUT2D eigenvalue weighted by atomic mass is 35.5. The van der Waals surface area contributed by atoms with E-state index in [0.717, 1.165) is 12.8 Å². The van der Waals surface area contributed by atoms with Crippen LogP contribution < -0.4 is 11.1 Å². The van der Waals surface area contributed by atoms with Crippen molar-refractivity contribution in [3.63, 3.8) is 0 Å². The van der Waals surface area contributed by atoms with Crippen LogP contribution in [0.15, 0.2) is 0 Å². The second kappa shape index (κ2) is 9.58. The van der Waals surface area contributed by atoms with Gasteiger partial charge in [-0.15, -0.1) is 12.4 Å². The molecule has 0 atom stereocenters. The molecule has 0 aliphatic carbocycles. The van der Waals surface area contributed by atoms with E-state index in [4.69, 9.17) is 5.73 Å². The second-order valence-electron chi connectivity index (χ2n) is 5.60. The molecule has 0 saturated carbocycles. The topological polar surface area (TPSA) is 89.3 Å². The van der Waals surface area contributed by atoms with E-state index in [0.29, 0.717) is 6.54 Å². The van der Waals surface area contributed by atoms with Crippen LogP contribution in [0.2, 0.25) is 0 Å². The molecule has 7 heteroatoms. The van der Waals surface area contributed by atoms with Crippen molar-refractivity contribution in [3.8, 4) is 0 Å². The molecule has 0 fully saturated rings. The van der Waals surface area contributed by atoms with Crippen LogP contribution >= 0.6 is 12.4 Å². The molecule has 20 heavy (non-hydrogen) atoms. The minimum Gasteiger partial charge on any atom is -0.354 e. The molecule has 122 valence electrons. The number of sulfone groups is 1. The van der Waals surface area contributed by atoms with E-state index in [1.807, 2.05) is 27.7 Å². The van der Waals surface area contributed by atoms with Crippen molar-refractivity contribution in [2.45, 2.75) is 52.5 Å². The Hall–Kier alpha value is -0.330. The van der Waals surface area contributed by atoms with Crippen LogP contribution in [-0.2, 0) is 14.6 Å². The lowest BCUT2D eigenvalue weighted by atomic mass is 9.94. The summed E-state index contributed by atoms with van der Waals surface area (Å²) >= 11 is 0. The van der Waals surface area contributed by atoms with Gasteiger partial charge in [0.1, 0.15) is 0 Å². The van der Waals surface area contributed by atoms with E-state index in [-0.39, 0.29) is 42.2 Å². The highest BCUT2D eigenvalue weighted by molar-refractivity contribution is 7.91. The molecule has 0 aliphatic heterocycles. The van der Waals surface area contributed by atoms with Gasteiger partial charge in [0.25, 0.3) is 0 Å². The van der Waals surface area contributed by atoms with Crippen molar-refractivity contribution >= 4 is 28.2 Å². The first-order valence-electron chi connectivity index (χ1n) is 6.90. The molecule has 0 aromatic rings. The highest BCUT2D eigenvalue weighted by Gasteiger charge is 2.21. The molecule has 0 unspecified atom stereocenters. The molecule has 0 spiro atoms. The van der Waals surface area contributed by atoms with Gasteiger partial charge in [-0.25, -0.2) is 8.42 Å². The molecular weight excluding hydrogens is 300 g/mol. The molecule has 0 radical (unpaired) electrons. The Balaban J connectivity index is 0. The number of rotatable bonds is 9. The van der Waals surface area contributed by atoms with E-state index in [1.165, 1.54) is 0 Å². The molecule has 0 aromatic heterocycles. The van der Waals surface area contributed by atoms with Crippen molar-refractivity contribution in [1.29, 1.82) is 0 Å². The first-order valence-corrected chi connectivity index (χ1v) is 8.72. The smallest absolute Gasteiger partial charge is 0.221 e. The summed E-state index contributed by atoms with van der Waals surface area (Å²) in [7, 11) is -3.13. The lowest BCUT2D eigenvalue weighted by Crippen LogP contribution is -2.49. The Morgan fingerprint density at radius 2 is 1.75 bits per heavy atom. The maximum Gasteiger partial charge on any atom is 0.221 e. The number of hydrogen-bond acceptors (Lipinski definition) is 4. The van der Waals surface area contributed by atoms with E-state index in [9.17, 15) is 13.2 Å². The Morgan fingerprint density at radius 3 is 2.15 bits per heavy atom. The normalized spacial score (nSPS) is 12.1. The summed E-state index contributed by atoms with van der Waals surface area (Å²) < 4.78 is 23.3. The fourth-order valence-corrected chi connectivity index (χ4v) is 3.38. The minimum atomic E-state index is -3.13. The molecule has 5 nitrogen and oxygen atoms in total. The van der Waals surface area contributed by atoms with Crippen molar-refractivity contribution in [1.82, 2.24) is 5.32 Å². The quantitative estimate of drug-likeness (QED) is 0.671. The Labute approximate surface area is 129 Å². The minimum absolute atomic E-state index is 0. The van der Waals surface area contributed by atoms with Crippen LogP contribution in [-0.4, -0.2) is 37.9 Å². The van der Waals surface area contributed by atoms with Crippen LogP contribution in [0.1, 0.15) is 47.0 Å². The van der Waals surface area contributed by atoms with E-state index in [2.05, 4.69) is 5.32 Å². The maximum absolute atomic E-state index is 11.7. The third-order valence-electron chi connectivity index (χ3n) is 3.27. The van der Waals surface area contributed by atoms with Gasteiger partial charge in [-0.2, -0.15) is 0 Å². The summed E-state index contributed by atoms with van der Waals surface area (Å²) in [6, 6.07) is 0. The van der Waals surface area contributed by atoms with Gasteiger partial charge in [0.2, 0.25) is 5.91 Å². The van der Waals surface area contributed by atoms with Crippen molar-refractivity contribution in [3.05, 3.63) is 0 Å². The van der Waals surface area contributed by atoms with Gasteiger partial charge < -0.3 is 11.1 Å². The standard InChI is InChI=1S/C13H28N2O3S.ClH/c1-5-13(14,6-2)10-15-12(16)7-8-19(17,18)9-11(3)4;/h11H,5-10,14H2,1-4H3,(H,15,16);1H. The summed E-state index contributed by atoms with van der Waals surface area (Å²) in [6.45, 7) is 8.04. The van der Waals surface area contributed by atoms with Gasteiger partial charge in [0.15, 0.2) is 9.84 Å². The number of carbonyl (C=O) groups is 1. The molecule has 0 heterocycles. The summed E-state index contributed by atoms with van der Waals surface area (Å²) in [4.78, 5) is 11.6. The molecule has 0 saturated heterocycles. The molecule has 0 bridgehead atoms. The SMILES string of the molecule is CCC(N)(CC)CNC(=O)CCS(=O)(=O)CC(C)C.Cl. The third kappa shape index (κ3) is 9.55. The van der Waals surface area contributed by atoms with Crippen LogP contribution in [0.3, 0.4) is 0 Å². The van der Waals surface area contributed by atoms with Crippen LogP contribution in [0.5, 0.6) is 0 Å². The summed E-state index contributed by atoms with van der Waals surface area (Å²) in [5, 5.41) is 2.72. The van der Waals surface area contributed by atoms with E-state index in [1.54, 1.807) is 0 Å². The zero-order valence-corrected chi connectivity index (χ0v) is 14.6. The van der Waals surface area contributed by atoms with Crippen LogP contribution in [0.4, 0.5) is 0 Å². The molecular formula is C13H29ClN2O3S. The fourth-order valence-electron chi connectivity index (χ4n) is 1.70. The largest absolute Gasteiger partial charge is 0.354 e. The molecule has 0 aromatic carbocycles. The predicted octanol–water partition coefficient (Wildman–Crippen LogP) is 1.50. The van der Waals surface area contributed by atoms with Crippen molar-refractivity contribution < 1.29 is 13.2 Å². The first-order chi connectivity index (χ1) is 8.64. The molecule has 0 rings (SSSR count). The Kier molecular flexibility index (Phi) is 10.5. The number of carbonyl (C=O) groups excluding carboxylic acids is 1. The van der Waals surface area contributed by atoms with Crippen LogP contribution in [0, 0.1) is 5.92 Å². The van der Waals surface area contributed by atoms with E-state index < -0.39 is 15.4 Å². The van der Waals surface area contributed by atoms with Gasteiger partial charge in [0, 0.05) is 18.5 Å². The predicted molar refractivity (Wildman–Crippen MR) is 85.9 cm³/mol. The molecule has 0 aliphatic rings. The van der Waals surface area contributed by atoms with Gasteiger partial charge in [-0.05, 0) is 18.8 Å².